The van der Waals surface area contributed by atoms with Crippen LogP contribution in [0.1, 0.15) is 0 Å². The van der Waals surface area contributed by atoms with E-state index in [1.165, 1.54) is 8.93 Å². The van der Waals surface area contributed by atoms with Gasteiger partial charge in [-0.2, -0.15) is 15.0 Å². The van der Waals surface area contributed by atoms with Crippen molar-refractivity contribution in [2.24, 2.45) is 0 Å². The third kappa shape index (κ3) is 3.30. The van der Waals surface area contributed by atoms with Crippen molar-refractivity contribution < 1.29 is 3.07 Å². The predicted octanol–water partition coefficient (Wildman–Crippen LogP) is 2.65. The first-order valence-corrected chi connectivity index (χ1v) is 7.57. The number of hydrogen-bond acceptors (Lipinski definition) is 5. The second-order valence-corrected chi connectivity index (χ2v) is 4.57. The van der Waals surface area contributed by atoms with Crippen LogP contribution in [0.5, 0.6) is 6.01 Å². The molecule has 1 aromatic heterocycles. The minimum atomic E-state index is 0.351. The first kappa shape index (κ1) is 10.4. The van der Waals surface area contributed by atoms with E-state index in [9.17, 15) is 0 Å². The van der Waals surface area contributed by atoms with Gasteiger partial charge in [0.05, 0.1) is 0 Å². The van der Waals surface area contributed by atoms with Gasteiger partial charge >= 0.3 is 6.01 Å². The zero-order valence-electron chi connectivity index (χ0n) is 4.79. The molecule has 0 aliphatic rings. The lowest BCUT2D eigenvalue weighted by Gasteiger charge is -1.96. The molecule has 0 amide bonds. The van der Waals surface area contributed by atoms with E-state index in [2.05, 4.69) is 36.2 Å². The highest BCUT2D eigenvalue weighted by atomic mass is 127. The standard InChI is InChI=1S/C3I3N3OS/c4-1-7-2(10-5)9-3(8-1)11-6. The maximum Gasteiger partial charge on any atom is 0.331 e. The fourth-order valence-corrected chi connectivity index (χ4v) is 2.00. The molecule has 60 valence electrons. The fourth-order valence-electron chi connectivity index (χ4n) is 0.384. The Kier molecular flexibility index (Phi) is 4.89. The highest BCUT2D eigenvalue weighted by Gasteiger charge is 2.03. The van der Waals surface area contributed by atoms with Crippen molar-refractivity contribution in [3.05, 3.63) is 3.83 Å². The lowest BCUT2D eigenvalue weighted by atomic mass is 11.0. The first-order valence-electron chi connectivity index (χ1n) is 2.25. The quantitative estimate of drug-likeness (QED) is 0.577. The summed E-state index contributed by atoms with van der Waals surface area (Å²) in [4.78, 5) is 11.9. The molecule has 0 spiro atoms. The summed E-state index contributed by atoms with van der Waals surface area (Å²) in [5.41, 5.74) is 0. The van der Waals surface area contributed by atoms with Crippen LogP contribution >= 0.6 is 75.7 Å². The van der Waals surface area contributed by atoms with Crippen molar-refractivity contribution in [1.82, 2.24) is 15.0 Å². The first-order chi connectivity index (χ1) is 5.26. The third-order valence-electron chi connectivity index (χ3n) is 0.705. The average molecular weight is 507 g/mol. The second kappa shape index (κ2) is 5.16. The summed E-state index contributed by atoms with van der Waals surface area (Å²) in [7, 11) is 1.43. The zero-order chi connectivity index (χ0) is 8.27. The van der Waals surface area contributed by atoms with E-state index in [1.54, 1.807) is 23.0 Å². The Balaban J connectivity index is 3.02. The number of hydrogen-bond donors (Lipinski definition) is 0. The molecule has 0 bridgehead atoms. The summed E-state index contributed by atoms with van der Waals surface area (Å²) < 4.78 is 5.47. The summed E-state index contributed by atoms with van der Waals surface area (Å²) in [6, 6.07) is 0.351. The average Bonchev–Trinajstić information content (AvgIpc) is 2.03. The van der Waals surface area contributed by atoms with Crippen molar-refractivity contribution in [2.75, 3.05) is 0 Å². The largest absolute Gasteiger partial charge is 0.392 e. The van der Waals surface area contributed by atoms with E-state index >= 15 is 0 Å². The summed E-state index contributed by atoms with van der Waals surface area (Å²) >= 11 is 5.86. The minimum Gasteiger partial charge on any atom is -0.392 e. The minimum absolute atomic E-state index is 0.351. The topological polar surface area (TPSA) is 47.9 Å². The third-order valence-corrected chi connectivity index (χ3v) is 3.08. The Bertz CT molecular complexity index is 237. The molecule has 0 aromatic carbocycles. The molecule has 0 aliphatic heterocycles. The molecule has 0 N–H and O–H groups in total. The SMILES string of the molecule is IOc1nc(I)nc(SI)n1. The van der Waals surface area contributed by atoms with Gasteiger partial charge in [-0.25, -0.2) is 0 Å². The molecule has 1 heterocycles. The van der Waals surface area contributed by atoms with Crippen molar-refractivity contribution in [3.8, 4) is 6.01 Å². The van der Waals surface area contributed by atoms with Gasteiger partial charge in [-0.05, 0) is 8.93 Å². The van der Waals surface area contributed by atoms with Gasteiger partial charge in [0.25, 0.3) is 0 Å². The van der Waals surface area contributed by atoms with E-state index < -0.39 is 0 Å². The van der Waals surface area contributed by atoms with E-state index in [1.807, 2.05) is 22.6 Å². The zero-order valence-corrected chi connectivity index (χ0v) is 12.1. The Labute approximate surface area is 107 Å². The van der Waals surface area contributed by atoms with E-state index in [0.29, 0.717) is 15.0 Å². The van der Waals surface area contributed by atoms with Crippen molar-refractivity contribution in [1.29, 1.82) is 0 Å². The maximum atomic E-state index is 4.82. The van der Waals surface area contributed by atoms with Crippen LogP contribution in [0.3, 0.4) is 0 Å². The fraction of sp³-hybridized carbons (Fsp3) is 0. The molecular weight excluding hydrogens is 507 g/mol. The molecule has 8 heteroatoms. The summed E-state index contributed by atoms with van der Waals surface area (Å²) in [5, 5.41) is 0.664. The Morgan fingerprint density at radius 3 is 2.55 bits per heavy atom. The molecule has 0 fully saturated rings. The normalized spacial score (nSPS) is 9.73. The maximum absolute atomic E-state index is 4.82. The second-order valence-electron chi connectivity index (χ2n) is 1.32. The molecule has 4 nitrogen and oxygen atoms in total. The van der Waals surface area contributed by atoms with Crippen molar-refractivity contribution in [2.45, 2.75) is 5.16 Å². The van der Waals surface area contributed by atoms with Crippen molar-refractivity contribution >= 4 is 75.7 Å². The van der Waals surface area contributed by atoms with E-state index in [0.717, 1.165) is 0 Å². The Hall–Kier alpha value is 1.35. The number of rotatable bonds is 2. The van der Waals surface area contributed by atoms with Gasteiger partial charge in [0.1, 0.15) is 0 Å². The molecule has 0 saturated carbocycles. The van der Waals surface area contributed by atoms with Gasteiger partial charge in [-0.3, -0.25) is 0 Å². The Morgan fingerprint density at radius 2 is 2.00 bits per heavy atom. The summed E-state index contributed by atoms with van der Waals surface area (Å²) in [5.74, 6) is 0. The lowest BCUT2D eigenvalue weighted by Crippen LogP contribution is -1.95. The molecule has 0 atom stereocenters. The molecular formula is C3I3N3OS. The molecule has 0 saturated heterocycles. The van der Waals surface area contributed by atoms with Crippen LogP contribution in [0.4, 0.5) is 0 Å². The number of nitrogens with zero attached hydrogens (tertiary/aromatic N) is 3. The van der Waals surface area contributed by atoms with Crippen LogP contribution in [-0.4, -0.2) is 15.0 Å². The number of aromatic nitrogens is 3. The lowest BCUT2D eigenvalue weighted by molar-refractivity contribution is 0.610. The van der Waals surface area contributed by atoms with Gasteiger partial charge in [-0.15, -0.1) is 0 Å². The van der Waals surface area contributed by atoms with E-state index in [4.69, 9.17) is 3.07 Å². The van der Waals surface area contributed by atoms with Crippen LogP contribution in [0, 0.1) is 3.83 Å². The van der Waals surface area contributed by atoms with Gasteiger partial charge in [-0.1, -0.05) is 0 Å². The van der Waals surface area contributed by atoms with Gasteiger partial charge in [0.15, 0.2) is 26.8 Å². The monoisotopic (exact) mass is 507 g/mol. The van der Waals surface area contributed by atoms with Crippen LogP contribution in [-0.2, 0) is 0 Å². The van der Waals surface area contributed by atoms with Crippen molar-refractivity contribution in [3.63, 3.8) is 0 Å². The highest BCUT2D eigenvalue weighted by Crippen LogP contribution is 2.22. The summed E-state index contributed by atoms with van der Waals surface area (Å²) in [6.45, 7) is 0. The smallest absolute Gasteiger partial charge is 0.331 e. The number of halogens is 3. The molecule has 0 radical (unpaired) electrons. The van der Waals surface area contributed by atoms with Crippen LogP contribution in [0.25, 0.3) is 0 Å². The van der Waals surface area contributed by atoms with Crippen LogP contribution in [0.2, 0.25) is 0 Å². The molecule has 1 rings (SSSR count). The van der Waals surface area contributed by atoms with Gasteiger partial charge < -0.3 is 3.07 Å². The molecule has 1 aromatic rings. The molecule has 11 heavy (non-hydrogen) atoms. The predicted molar refractivity (Wildman–Crippen MR) is 67.1 cm³/mol. The molecule has 0 unspecified atom stereocenters. The van der Waals surface area contributed by atoms with Crippen LogP contribution < -0.4 is 3.07 Å². The summed E-state index contributed by atoms with van der Waals surface area (Å²) in [6.07, 6.45) is 0. The molecule has 0 aliphatic carbocycles. The van der Waals surface area contributed by atoms with Crippen LogP contribution in [0.15, 0.2) is 5.16 Å². The highest BCUT2D eigenvalue weighted by molar-refractivity contribution is 14.2. The van der Waals surface area contributed by atoms with E-state index in [-0.39, 0.29) is 0 Å². The Morgan fingerprint density at radius 1 is 1.27 bits per heavy atom. The van der Waals surface area contributed by atoms with Gasteiger partial charge in [0.2, 0.25) is 5.16 Å². The van der Waals surface area contributed by atoms with Gasteiger partial charge in [0, 0.05) is 43.8 Å².